The highest BCUT2D eigenvalue weighted by Gasteiger charge is 2.14. The third kappa shape index (κ3) is 3.97. The Morgan fingerprint density at radius 1 is 1.21 bits per heavy atom. The number of pyridine rings is 1. The van der Waals surface area contributed by atoms with Crippen molar-refractivity contribution in [3.8, 4) is 0 Å². The number of amides is 1. The topological polar surface area (TPSA) is 90.9 Å². The van der Waals surface area contributed by atoms with Crippen LogP contribution in [0.2, 0.25) is 0 Å². The molecule has 1 atom stereocenters. The number of hydrogen-bond donors (Lipinski definition) is 3. The summed E-state index contributed by atoms with van der Waals surface area (Å²) in [5.74, 6) is 0.683. The molecular weight excluding hydrogens is 304 g/mol. The molecule has 1 unspecified atom stereocenters. The Hall–Kier alpha value is -2.73. The average molecular weight is 324 g/mol. The van der Waals surface area contributed by atoms with Gasteiger partial charge in [0.25, 0.3) is 0 Å². The molecule has 0 fully saturated rings. The number of aliphatic hydroxyl groups is 1. The van der Waals surface area contributed by atoms with Gasteiger partial charge < -0.3 is 15.4 Å². The van der Waals surface area contributed by atoms with Crippen molar-refractivity contribution in [3.63, 3.8) is 0 Å². The molecule has 3 N–H and O–H groups in total. The minimum atomic E-state index is -0.180. The zero-order chi connectivity index (χ0) is 16.8. The van der Waals surface area contributed by atoms with Crippen molar-refractivity contribution in [2.75, 3.05) is 6.61 Å². The lowest BCUT2D eigenvalue weighted by atomic mass is 10.0. The first-order chi connectivity index (χ1) is 11.8. The molecule has 3 aromatic rings. The lowest BCUT2D eigenvalue weighted by Gasteiger charge is -2.18. The number of rotatable bonds is 7. The van der Waals surface area contributed by atoms with E-state index in [-0.39, 0.29) is 18.6 Å². The lowest BCUT2D eigenvalue weighted by Crippen LogP contribution is -2.29. The molecular formula is C18H20N4O2. The molecule has 0 saturated carbocycles. The predicted molar refractivity (Wildman–Crippen MR) is 91.2 cm³/mol. The third-order valence-corrected chi connectivity index (χ3v) is 3.85. The summed E-state index contributed by atoms with van der Waals surface area (Å²) in [5.41, 5.74) is 2.53. The van der Waals surface area contributed by atoms with Gasteiger partial charge in [-0.15, -0.1) is 0 Å². The summed E-state index contributed by atoms with van der Waals surface area (Å²) < 4.78 is 0. The minimum absolute atomic E-state index is 0.0229. The van der Waals surface area contributed by atoms with E-state index in [2.05, 4.69) is 20.3 Å². The maximum Gasteiger partial charge on any atom is 0.220 e. The smallest absolute Gasteiger partial charge is 0.220 e. The number of aryl methyl sites for hydroxylation is 1. The quantitative estimate of drug-likeness (QED) is 0.621. The second kappa shape index (κ2) is 7.70. The summed E-state index contributed by atoms with van der Waals surface area (Å²) in [5, 5.41) is 12.2. The molecule has 6 nitrogen and oxygen atoms in total. The van der Waals surface area contributed by atoms with E-state index < -0.39 is 0 Å². The standard InChI is InChI=1S/C18H20N4O2/c23-12-10-14(13-5-2-1-3-6-13)21-17(24)9-8-16-20-15-7-4-11-19-18(15)22-16/h1-7,11,14,23H,8-10,12H2,(H,21,24)(H,19,20,22). The summed E-state index contributed by atoms with van der Waals surface area (Å²) in [6.45, 7) is 0.0229. The van der Waals surface area contributed by atoms with Gasteiger partial charge in [-0.3, -0.25) is 4.79 Å². The molecule has 0 bridgehead atoms. The molecule has 6 heteroatoms. The molecule has 0 aliphatic heterocycles. The van der Waals surface area contributed by atoms with Crippen molar-refractivity contribution in [3.05, 3.63) is 60.0 Å². The normalized spacial score (nSPS) is 12.2. The number of benzene rings is 1. The van der Waals surface area contributed by atoms with Crippen LogP contribution < -0.4 is 5.32 Å². The van der Waals surface area contributed by atoms with Crippen LogP contribution >= 0.6 is 0 Å². The van der Waals surface area contributed by atoms with Gasteiger partial charge in [0, 0.05) is 25.6 Å². The molecule has 0 saturated heterocycles. The van der Waals surface area contributed by atoms with Crippen LogP contribution in [0.15, 0.2) is 48.7 Å². The van der Waals surface area contributed by atoms with E-state index >= 15 is 0 Å². The van der Waals surface area contributed by atoms with Gasteiger partial charge in [0.1, 0.15) is 5.82 Å². The highest BCUT2D eigenvalue weighted by atomic mass is 16.3. The zero-order valence-electron chi connectivity index (χ0n) is 13.3. The van der Waals surface area contributed by atoms with Gasteiger partial charge >= 0.3 is 0 Å². The summed E-state index contributed by atoms with van der Waals surface area (Å²) >= 11 is 0. The van der Waals surface area contributed by atoms with Gasteiger partial charge in [0.15, 0.2) is 5.65 Å². The fraction of sp³-hybridized carbons (Fsp3) is 0.278. The van der Waals surface area contributed by atoms with Crippen molar-refractivity contribution in [2.24, 2.45) is 0 Å². The highest BCUT2D eigenvalue weighted by Crippen LogP contribution is 2.16. The Bertz CT molecular complexity index is 768. The molecule has 3 rings (SSSR count). The molecule has 2 heterocycles. The third-order valence-electron chi connectivity index (χ3n) is 3.85. The van der Waals surface area contributed by atoms with Crippen LogP contribution in [0.5, 0.6) is 0 Å². The van der Waals surface area contributed by atoms with E-state index in [4.69, 9.17) is 0 Å². The Balaban J connectivity index is 1.59. The van der Waals surface area contributed by atoms with Crippen LogP contribution in [0.1, 0.15) is 30.3 Å². The van der Waals surface area contributed by atoms with Crippen LogP contribution in [0, 0.1) is 0 Å². The largest absolute Gasteiger partial charge is 0.396 e. The second-order valence-corrected chi connectivity index (χ2v) is 5.60. The molecule has 0 radical (unpaired) electrons. The number of imidazole rings is 1. The van der Waals surface area contributed by atoms with Crippen LogP contribution in [0.3, 0.4) is 0 Å². The number of aromatic nitrogens is 3. The molecule has 0 aliphatic carbocycles. The van der Waals surface area contributed by atoms with Crippen molar-refractivity contribution < 1.29 is 9.90 Å². The first kappa shape index (κ1) is 16.1. The van der Waals surface area contributed by atoms with E-state index in [9.17, 15) is 9.90 Å². The van der Waals surface area contributed by atoms with E-state index in [0.29, 0.717) is 24.9 Å². The number of nitrogens with zero attached hydrogens (tertiary/aromatic N) is 2. The van der Waals surface area contributed by atoms with Crippen LogP contribution in [0.25, 0.3) is 11.2 Å². The molecule has 1 amide bonds. The minimum Gasteiger partial charge on any atom is -0.396 e. The van der Waals surface area contributed by atoms with Gasteiger partial charge in [-0.05, 0) is 24.1 Å². The molecule has 24 heavy (non-hydrogen) atoms. The van der Waals surface area contributed by atoms with Gasteiger partial charge in [0.2, 0.25) is 5.91 Å². The van der Waals surface area contributed by atoms with Gasteiger partial charge in [0.05, 0.1) is 11.6 Å². The molecule has 0 spiro atoms. The summed E-state index contributed by atoms with van der Waals surface area (Å²) in [7, 11) is 0. The van der Waals surface area contributed by atoms with E-state index in [1.54, 1.807) is 6.20 Å². The second-order valence-electron chi connectivity index (χ2n) is 5.60. The Morgan fingerprint density at radius 3 is 2.79 bits per heavy atom. The van der Waals surface area contributed by atoms with Crippen molar-refractivity contribution in [1.82, 2.24) is 20.3 Å². The average Bonchev–Trinajstić information content (AvgIpc) is 3.03. The van der Waals surface area contributed by atoms with Crippen LogP contribution in [0.4, 0.5) is 0 Å². The number of hydrogen-bond acceptors (Lipinski definition) is 4. The zero-order valence-corrected chi connectivity index (χ0v) is 13.3. The van der Waals surface area contributed by atoms with Gasteiger partial charge in [-0.2, -0.15) is 0 Å². The first-order valence-corrected chi connectivity index (χ1v) is 8.01. The maximum absolute atomic E-state index is 12.2. The highest BCUT2D eigenvalue weighted by molar-refractivity contribution is 5.77. The summed E-state index contributed by atoms with van der Waals surface area (Å²) in [4.78, 5) is 23.9. The number of carbonyl (C=O) groups excluding carboxylic acids is 1. The SMILES string of the molecule is O=C(CCc1nc2ncccc2[nH]1)NC(CCO)c1ccccc1. The number of H-pyrrole nitrogens is 1. The predicted octanol–water partition coefficient (Wildman–Crippen LogP) is 2.13. The lowest BCUT2D eigenvalue weighted by molar-refractivity contribution is -0.121. The Labute approximate surface area is 140 Å². The Morgan fingerprint density at radius 2 is 2.04 bits per heavy atom. The number of carbonyl (C=O) groups is 1. The maximum atomic E-state index is 12.2. The van der Waals surface area contributed by atoms with Gasteiger partial charge in [-0.1, -0.05) is 30.3 Å². The fourth-order valence-corrected chi connectivity index (χ4v) is 2.65. The molecule has 0 aliphatic rings. The summed E-state index contributed by atoms with van der Waals surface area (Å²) in [6, 6.07) is 13.2. The van der Waals surface area contributed by atoms with Crippen molar-refractivity contribution >= 4 is 17.1 Å². The summed E-state index contributed by atoms with van der Waals surface area (Å²) in [6.07, 6.45) is 3.03. The van der Waals surface area contributed by atoms with Gasteiger partial charge in [-0.25, -0.2) is 9.97 Å². The van der Waals surface area contributed by atoms with E-state index in [0.717, 1.165) is 16.9 Å². The van der Waals surface area contributed by atoms with Crippen LogP contribution in [-0.4, -0.2) is 32.6 Å². The van der Waals surface area contributed by atoms with E-state index in [1.807, 2.05) is 42.5 Å². The van der Waals surface area contributed by atoms with Crippen molar-refractivity contribution in [2.45, 2.75) is 25.3 Å². The van der Waals surface area contributed by atoms with E-state index in [1.165, 1.54) is 0 Å². The number of aliphatic hydroxyl groups excluding tert-OH is 1. The fourth-order valence-electron chi connectivity index (χ4n) is 2.65. The number of aromatic amines is 1. The molecule has 2 aromatic heterocycles. The molecule has 124 valence electrons. The molecule has 1 aromatic carbocycles. The van der Waals surface area contributed by atoms with Crippen LogP contribution in [-0.2, 0) is 11.2 Å². The Kier molecular flexibility index (Phi) is 5.18. The number of fused-ring (bicyclic) bond motifs is 1. The van der Waals surface area contributed by atoms with Crippen molar-refractivity contribution in [1.29, 1.82) is 0 Å². The monoisotopic (exact) mass is 324 g/mol. The number of nitrogens with one attached hydrogen (secondary N) is 2. The first-order valence-electron chi connectivity index (χ1n) is 8.01.